The zero-order chi connectivity index (χ0) is 22.2. The van der Waals surface area contributed by atoms with Crippen LogP contribution in [0.5, 0.6) is 5.75 Å². The van der Waals surface area contributed by atoms with Crippen LogP contribution >= 0.6 is 0 Å². The van der Waals surface area contributed by atoms with Gasteiger partial charge in [0.1, 0.15) is 12.3 Å². The third-order valence-electron chi connectivity index (χ3n) is 6.23. The molecule has 0 aliphatic carbocycles. The van der Waals surface area contributed by atoms with Gasteiger partial charge in [0.25, 0.3) is 0 Å². The van der Waals surface area contributed by atoms with Crippen molar-refractivity contribution in [2.24, 2.45) is 0 Å². The molecule has 0 atom stereocenters. The van der Waals surface area contributed by atoms with Gasteiger partial charge in [0.2, 0.25) is 5.91 Å². The molecule has 0 saturated carbocycles. The van der Waals surface area contributed by atoms with E-state index in [-0.39, 0.29) is 18.1 Å². The van der Waals surface area contributed by atoms with Crippen molar-refractivity contribution < 1.29 is 9.53 Å². The molecule has 0 fully saturated rings. The van der Waals surface area contributed by atoms with E-state index in [4.69, 9.17) is 4.74 Å². The number of imidazole rings is 1. The second-order valence-electron chi connectivity index (χ2n) is 8.15. The lowest BCUT2D eigenvalue weighted by molar-refractivity contribution is -0.118. The lowest BCUT2D eigenvalue weighted by Crippen LogP contribution is -2.34. The Kier molecular flexibility index (Phi) is 5.05. The van der Waals surface area contributed by atoms with Crippen molar-refractivity contribution in [2.75, 3.05) is 19.1 Å². The van der Waals surface area contributed by atoms with Gasteiger partial charge in [-0.05, 0) is 53.8 Å². The largest absolute Gasteiger partial charge is 0.497 e. The number of nitrogens with zero attached hydrogens (tertiary/aromatic N) is 3. The Labute approximate surface area is 186 Å². The minimum absolute atomic E-state index is 0.0201. The average molecular weight is 428 g/mol. The molecule has 0 unspecified atom stereocenters. The Balaban J connectivity index is 1.58. The van der Waals surface area contributed by atoms with Gasteiger partial charge in [0.05, 0.1) is 18.1 Å². The van der Waals surface area contributed by atoms with Crippen LogP contribution in [0.1, 0.15) is 12.0 Å². The molecule has 0 bridgehead atoms. The highest BCUT2D eigenvalue weighted by Crippen LogP contribution is 2.31. The number of hydrogen-bond donors (Lipinski definition) is 0. The smallest absolute Gasteiger partial charge is 0.329 e. The molecule has 4 aromatic rings. The molecule has 1 aliphatic heterocycles. The number of hydrogen-bond acceptors (Lipinski definition) is 3. The highest BCUT2D eigenvalue weighted by atomic mass is 16.5. The second kappa shape index (κ2) is 8.04. The minimum atomic E-state index is -0.162. The van der Waals surface area contributed by atoms with Crippen LogP contribution in [0, 0.1) is 0 Å². The SMILES string of the molecule is COc1cccc(N(C)C(=O)Cn2c(=O)n3c4c(cc(-c5ccccc5)cc42)CCC3)c1. The molecular weight excluding hydrogens is 402 g/mol. The van der Waals surface area contributed by atoms with Crippen LogP contribution in [0.25, 0.3) is 22.2 Å². The topological polar surface area (TPSA) is 56.5 Å². The summed E-state index contributed by atoms with van der Waals surface area (Å²) in [6, 6.07) is 21.7. The summed E-state index contributed by atoms with van der Waals surface area (Å²) in [5, 5.41) is 0. The van der Waals surface area contributed by atoms with Gasteiger partial charge in [-0.25, -0.2) is 4.79 Å². The van der Waals surface area contributed by atoms with Crippen LogP contribution in [0.15, 0.2) is 71.5 Å². The van der Waals surface area contributed by atoms with Crippen LogP contribution in [0.4, 0.5) is 5.69 Å². The van der Waals surface area contributed by atoms with Crippen molar-refractivity contribution in [1.29, 1.82) is 0 Å². The van der Waals surface area contributed by atoms with Crippen molar-refractivity contribution in [3.05, 3.63) is 82.8 Å². The van der Waals surface area contributed by atoms with E-state index in [1.54, 1.807) is 23.6 Å². The van der Waals surface area contributed by atoms with Gasteiger partial charge < -0.3 is 9.64 Å². The van der Waals surface area contributed by atoms with E-state index >= 15 is 0 Å². The van der Waals surface area contributed by atoms with Crippen molar-refractivity contribution in [3.63, 3.8) is 0 Å². The Hall–Kier alpha value is -3.80. The summed E-state index contributed by atoms with van der Waals surface area (Å²) in [6.07, 6.45) is 1.85. The lowest BCUT2D eigenvalue weighted by atomic mass is 9.97. The third-order valence-corrected chi connectivity index (χ3v) is 6.23. The predicted octanol–water partition coefficient (Wildman–Crippen LogP) is 4.09. The van der Waals surface area contributed by atoms with Gasteiger partial charge in [-0.3, -0.25) is 13.9 Å². The van der Waals surface area contributed by atoms with Gasteiger partial charge in [0, 0.05) is 25.3 Å². The maximum absolute atomic E-state index is 13.3. The number of likely N-dealkylation sites (N-methyl/N-ethyl adjacent to an activating group) is 1. The van der Waals surface area contributed by atoms with E-state index in [0.29, 0.717) is 12.3 Å². The van der Waals surface area contributed by atoms with E-state index < -0.39 is 0 Å². The van der Waals surface area contributed by atoms with Gasteiger partial charge in [-0.1, -0.05) is 36.4 Å². The quantitative estimate of drug-likeness (QED) is 0.482. The first kappa shape index (κ1) is 20.1. The predicted molar refractivity (Wildman–Crippen MR) is 126 cm³/mol. The molecule has 162 valence electrons. The molecule has 2 heterocycles. The number of methoxy groups -OCH3 is 1. The number of rotatable bonds is 5. The molecule has 6 nitrogen and oxygen atoms in total. The van der Waals surface area contributed by atoms with Gasteiger partial charge >= 0.3 is 5.69 Å². The summed E-state index contributed by atoms with van der Waals surface area (Å²) in [5.74, 6) is 0.518. The molecule has 3 aromatic carbocycles. The van der Waals surface area contributed by atoms with E-state index in [1.807, 2.05) is 53.1 Å². The fourth-order valence-electron chi connectivity index (χ4n) is 4.52. The number of aromatic nitrogens is 2. The Bertz CT molecular complexity index is 1370. The van der Waals surface area contributed by atoms with Gasteiger partial charge in [-0.15, -0.1) is 0 Å². The third kappa shape index (κ3) is 3.38. The summed E-state index contributed by atoms with van der Waals surface area (Å²) in [7, 11) is 3.32. The Morgan fingerprint density at radius 1 is 1.03 bits per heavy atom. The zero-order valence-electron chi connectivity index (χ0n) is 18.2. The van der Waals surface area contributed by atoms with E-state index in [2.05, 4.69) is 18.2 Å². The molecule has 1 amide bonds. The van der Waals surface area contributed by atoms with Crippen LogP contribution in [0.2, 0.25) is 0 Å². The molecule has 0 saturated heterocycles. The van der Waals surface area contributed by atoms with Crippen LogP contribution in [-0.4, -0.2) is 29.2 Å². The molecule has 1 aromatic heterocycles. The maximum atomic E-state index is 13.3. The first-order valence-corrected chi connectivity index (χ1v) is 10.8. The fourth-order valence-corrected chi connectivity index (χ4v) is 4.52. The lowest BCUT2D eigenvalue weighted by Gasteiger charge is -2.18. The van der Waals surface area contributed by atoms with Crippen molar-refractivity contribution in [1.82, 2.24) is 9.13 Å². The highest BCUT2D eigenvalue weighted by molar-refractivity contribution is 5.94. The first-order chi connectivity index (χ1) is 15.6. The van der Waals surface area contributed by atoms with Gasteiger partial charge in [0.15, 0.2) is 0 Å². The summed E-state index contributed by atoms with van der Waals surface area (Å²) in [5.41, 5.74) is 5.70. The Morgan fingerprint density at radius 3 is 2.62 bits per heavy atom. The number of amides is 1. The molecule has 1 aliphatic rings. The summed E-state index contributed by atoms with van der Waals surface area (Å²) in [4.78, 5) is 28.0. The number of aryl methyl sites for hydroxylation is 2. The number of ether oxygens (including phenoxy) is 1. The highest BCUT2D eigenvalue weighted by Gasteiger charge is 2.23. The van der Waals surface area contributed by atoms with E-state index in [0.717, 1.165) is 46.3 Å². The first-order valence-electron chi connectivity index (χ1n) is 10.8. The van der Waals surface area contributed by atoms with Crippen molar-refractivity contribution >= 4 is 22.6 Å². The molecule has 0 radical (unpaired) electrons. The minimum Gasteiger partial charge on any atom is -0.497 e. The maximum Gasteiger partial charge on any atom is 0.329 e. The molecule has 32 heavy (non-hydrogen) atoms. The monoisotopic (exact) mass is 427 g/mol. The number of anilines is 1. The zero-order valence-corrected chi connectivity index (χ0v) is 18.2. The fraction of sp³-hybridized carbons (Fsp3) is 0.231. The number of carbonyl (C=O) groups excluding carboxylic acids is 1. The summed E-state index contributed by atoms with van der Waals surface area (Å²) < 4.78 is 8.72. The van der Waals surface area contributed by atoms with Crippen molar-refractivity contribution in [3.8, 4) is 16.9 Å². The molecular formula is C26H25N3O3. The Morgan fingerprint density at radius 2 is 1.84 bits per heavy atom. The van der Waals surface area contributed by atoms with Crippen LogP contribution in [0.3, 0.4) is 0 Å². The molecule has 0 spiro atoms. The molecule has 0 N–H and O–H groups in total. The van der Waals surface area contributed by atoms with Crippen LogP contribution in [-0.2, 0) is 24.3 Å². The normalized spacial score (nSPS) is 12.7. The second-order valence-corrected chi connectivity index (χ2v) is 8.15. The van der Waals surface area contributed by atoms with Crippen molar-refractivity contribution in [2.45, 2.75) is 25.9 Å². The van der Waals surface area contributed by atoms with E-state index in [9.17, 15) is 9.59 Å². The summed E-state index contributed by atoms with van der Waals surface area (Å²) in [6.45, 7) is 0.660. The molecule has 5 rings (SSSR count). The average Bonchev–Trinajstić information content (AvgIpc) is 3.11. The number of carbonyl (C=O) groups is 1. The van der Waals surface area contributed by atoms with E-state index in [1.165, 1.54) is 0 Å². The van der Waals surface area contributed by atoms with Crippen LogP contribution < -0.4 is 15.3 Å². The summed E-state index contributed by atoms with van der Waals surface area (Å²) >= 11 is 0. The number of benzene rings is 3. The van der Waals surface area contributed by atoms with Gasteiger partial charge in [-0.2, -0.15) is 0 Å². The standard InChI is InChI=1S/C26H25N3O3/c1-27(21-11-6-12-22(16-21)32-2)24(30)17-29-23-15-20(18-8-4-3-5-9-18)14-19-10-7-13-28(25(19)23)26(29)31/h3-6,8-9,11-12,14-16H,7,10,13,17H2,1-2H3. The molecule has 6 heteroatoms.